The predicted octanol–water partition coefficient (Wildman–Crippen LogP) is 3.50. The summed E-state index contributed by atoms with van der Waals surface area (Å²) in [6.07, 6.45) is 2.30. The number of nitrogens with one attached hydrogen (secondary N) is 1. The summed E-state index contributed by atoms with van der Waals surface area (Å²) in [7, 11) is -1.96. The molecule has 0 atom stereocenters. The number of hydrogen-bond donors (Lipinski definition) is 1. The second-order valence-electron chi connectivity index (χ2n) is 8.58. The monoisotopic (exact) mass is 496 g/mol. The van der Waals surface area contributed by atoms with Crippen molar-refractivity contribution >= 4 is 43.1 Å². The summed E-state index contributed by atoms with van der Waals surface area (Å²) in [4.78, 5) is 8.97. The number of piperazine rings is 1. The first-order valence-corrected chi connectivity index (χ1v) is 13.6. The van der Waals surface area contributed by atoms with Gasteiger partial charge in [0.2, 0.25) is 0 Å². The van der Waals surface area contributed by atoms with E-state index in [1.807, 2.05) is 24.3 Å². The molecular formula is C24H28N6O2S2. The standard InChI is InChI=1S/C24H28N6O2S2/c1-18-25-23(17-28(18)2)34(31,32)27-21-9-5-3-7-19(21)11-12-29-13-15-30(16-14-29)24-20-8-4-6-10-22(20)33-26-24/h3-10,17,27H,11-16H2,1-2H3. The maximum absolute atomic E-state index is 12.9. The molecule has 2 aromatic heterocycles. The number of anilines is 2. The van der Waals surface area contributed by atoms with Gasteiger partial charge in [0.1, 0.15) is 11.6 Å². The first-order chi connectivity index (χ1) is 16.4. The molecule has 1 fully saturated rings. The molecule has 0 bridgehead atoms. The van der Waals surface area contributed by atoms with E-state index in [9.17, 15) is 8.42 Å². The van der Waals surface area contributed by atoms with Crippen LogP contribution in [0.3, 0.4) is 0 Å². The molecule has 2 aromatic carbocycles. The molecule has 8 nitrogen and oxygen atoms in total. The number of sulfonamides is 1. The molecule has 0 unspecified atom stereocenters. The fourth-order valence-corrected chi connectivity index (χ4v) is 6.19. The zero-order valence-electron chi connectivity index (χ0n) is 19.3. The third-order valence-electron chi connectivity index (χ3n) is 6.35. The summed E-state index contributed by atoms with van der Waals surface area (Å²) in [5.74, 6) is 1.74. The first kappa shape index (κ1) is 22.8. The Labute approximate surface area is 204 Å². The maximum atomic E-state index is 12.9. The van der Waals surface area contributed by atoms with Gasteiger partial charge in [0.05, 0.1) is 10.4 Å². The molecule has 1 saturated heterocycles. The van der Waals surface area contributed by atoms with Crippen LogP contribution in [0.15, 0.2) is 59.8 Å². The van der Waals surface area contributed by atoms with Gasteiger partial charge in [-0.3, -0.25) is 9.62 Å². The Hall–Kier alpha value is -2.95. The average molecular weight is 497 g/mol. The smallest absolute Gasteiger partial charge is 0.280 e. The lowest BCUT2D eigenvalue weighted by atomic mass is 10.1. The summed E-state index contributed by atoms with van der Waals surface area (Å²) in [5.41, 5.74) is 1.59. The van der Waals surface area contributed by atoms with Crippen LogP contribution in [-0.2, 0) is 23.5 Å². The van der Waals surface area contributed by atoms with Crippen LogP contribution in [-0.4, -0.2) is 60.0 Å². The molecule has 34 heavy (non-hydrogen) atoms. The minimum atomic E-state index is -3.74. The molecule has 1 N–H and O–H groups in total. The molecule has 5 rings (SSSR count). The summed E-state index contributed by atoms with van der Waals surface area (Å²) in [5, 5.41) is 1.26. The number of hydrogen-bond acceptors (Lipinski definition) is 7. The molecule has 178 valence electrons. The largest absolute Gasteiger partial charge is 0.353 e. The van der Waals surface area contributed by atoms with Crippen molar-refractivity contribution in [1.82, 2.24) is 18.8 Å². The second kappa shape index (κ2) is 9.36. The second-order valence-corrected chi connectivity index (χ2v) is 11.0. The molecule has 0 saturated carbocycles. The van der Waals surface area contributed by atoms with Crippen molar-refractivity contribution in [3.63, 3.8) is 0 Å². The Morgan fingerprint density at radius 1 is 1.03 bits per heavy atom. The van der Waals surface area contributed by atoms with Crippen molar-refractivity contribution in [3.8, 4) is 0 Å². The molecule has 1 aliphatic heterocycles. The van der Waals surface area contributed by atoms with Crippen molar-refractivity contribution in [1.29, 1.82) is 0 Å². The van der Waals surface area contributed by atoms with Gasteiger partial charge in [-0.25, -0.2) is 4.98 Å². The highest BCUT2D eigenvalue weighted by atomic mass is 32.2. The molecule has 0 radical (unpaired) electrons. The highest BCUT2D eigenvalue weighted by Crippen LogP contribution is 2.30. The average Bonchev–Trinajstić information content (AvgIpc) is 3.42. The molecule has 3 heterocycles. The zero-order valence-corrected chi connectivity index (χ0v) is 20.9. The molecular weight excluding hydrogens is 468 g/mol. The lowest BCUT2D eigenvalue weighted by Crippen LogP contribution is -2.47. The van der Waals surface area contributed by atoms with Crippen LogP contribution >= 0.6 is 11.5 Å². The van der Waals surface area contributed by atoms with Crippen molar-refractivity contribution < 1.29 is 8.42 Å². The number of fused-ring (bicyclic) bond motifs is 1. The number of nitrogens with zero attached hydrogens (tertiary/aromatic N) is 5. The van der Waals surface area contributed by atoms with Crippen LogP contribution < -0.4 is 9.62 Å². The summed E-state index contributed by atoms with van der Waals surface area (Å²) >= 11 is 1.56. The predicted molar refractivity (Wildman–Crippen MR) is 137 cm³/mol. The van der Waals surface area contributed by atoms with Crippen molar-refractivity contribution in [3.05, 3.63) is 66.1 Å². The minimum absolute atomic E-state index is 0.0352. The number of para-hydroxylation sites is 1. The summed E-state index contributed by atoms with van der Waals surface area (Å²) < 4.78 is 36.1. The Morgan fingerprint density at radius 3 is 2.53 bits per heavy atom. The van der Waals surface area contributed by atoms with Crippen molar-refractivity contribution in [2.75, 3.05) is 42.3 Å². The Kier molecular flexibility index (Phi) is 6.28. The van der Waals surface area contributed by atoms with Crippen LogP contribution in [0.5, 0.6) is 0 Å². The fraction of sp³-hybridized carbons (Fsp3) is 0.333. The summed E-state index contributed by atoms with van der Waals surface area (Å²) in [6.45, 7) is 6.42. The third kappa shape index (κ3) is 4.66. The van der Waals surface area contributed by atoms with Crippen LogP contribution in [0, 0.1) is 6.92 Å². The van der Waals surface area contributed by atoms with E-state index in [4.69, 9.17) is 4.37 Å². The van der Waals surface area contributed by atoms with E-state index in [-0.39, 0.29) is 5.03 Å². The Bertz CT molecular complexity index is 1380. The lowest BCUT2D eigenvalue weighted by molar-refractivity contribution is 0.261. The molecule has 0 aliphatic carbocycles. The topological polar surface area (TPSA) is 83.4 Å². The van der Waals surface area contributed by atoms with E-state index in [1.165, 1.54) is 16.3 Å². The van der Waals surface area contributed by atoms with Gasteiger partial charge in [0.25, 0.3) is 10.0 Å². The zero-order chi connectivity index (χ0) is 23.7. The molecule has 10 heteroatoms. The fourth-order valence-electron chi connectivity index (χ4n) is 4.25. The SMILES string of the molecule is Cc1nc(S(=O)(=O)Nc2ccccc2CCN2CCN(c3nsc4ccccc34)CC2)cn1C. The quantitative estimate of drug-likeness (QED) is 0.422. The van der Waals surface area contributed by atoms with E-state index >= 15 is 0 Å². The van der Waals surface area contributed by atoms with Crippen LogP contribution in [0.4, 0.5) is 11.5 Å². The summed E-state index contributed by atoms with van der Waals surface area (Å²) in [6, 6.07) is 16.0. The van der Waals surface area contributed by atoms with Gasteiger partial charge >= 0.3 is 0 Å². The number of imidazole rings is 1. The highest BCUT2D eigenvalue weighted by Gasteiger charge is 2.22. The van der Waals surface area contributed by atoms with E-state index in [0.717, 1.165) is 50.5 Å². The van der Waals surface area contributed by atoms with E-state index in [0.29, 0.717) is 11.5 Å². The van der Waals surface area contributed by atoms with Crippen LogP contribution in [0.25, 0.3) is 10.1 Å². The number of benzene rings is 2. The van der Waals surface area contributed by atoms with Gasteiger partial charge in [-0.1, -0.05) is 30.3 Å². The first-order valence-electron chi connectivity index (χ1n) is 11.3. The number of aryl methyl sites for hydroxylation is 2. The van der Waals surface area contributed by atoms with Gasteiger partial charge in [-0.2, -0.15) is 12.8 Å². The normalized spacial score (nSPS) is 15.2. The van der Waals surface area contributed by atoms with Gasteiger partial charge < -0.3 is 9.47 Å². The van der Waals surface area contributed by atoms with Crippen LogP contribution in [0.2, 0.25) is 0 Å². The molecule has 4 aromatic rings. The highest BCUT2D eigenvalue weighted by molar-refractivity contribution is 7.92. The van der Waals surface area contributed by atoms with Crippen LogP contribution in [0.1, 0.15) is 11.4 Å². The van der Waals surface area contributed by atoms with Gasteiger partial charge in [0, 0.05) is 51.4 Å². The number of aromatic nitrogens is 3. The van der Waals surface area contributed by atoms with Crippen molar-refractivity contribution in [2.24, 2.45) is 7.05 Å². The van der Waals surface area contributed by atoms with E-state index < -0.39 is 10.0 Å². The van der Waals surface area contributed by atoms with E-state index in [2.05, 4.69) is 43.8 Å². The maximum Gasteiger partial charge on any atom is 0.280 e. The molecule has 1 aliphatic rings. The molecule has 0 amide bonds. The van der Waals surface area contributed by atoms with Gasteiger partial charge in [-0.15, -0.1) is 0 Å². The lowest BCUT2D eigenvalue weighted by Gasteiger charge is -2.35. The van der Waals surface area contributed by atoms with Gasteiger partial charge in [-0.05, 0) is 48.6 Å². The Morgan fingerprint density at radius 2 is 1.76 bits per heavy atom. The number of rotatable bonds is 7. The Balaban J connectivity index is 1.21. The minimum Gasteiger partial charge on any atom is -0.353 e. The molecule has 0 spiro atoms. The van der Waals surface area contributed by atoms with Gasteiger partial charge in [0.15, 0.2) is 5.03 Å². The third-order valence-corrected chi connectivity index (χ3v) is 8.40. The van der Waals surface area contributed by atoms with E-state index in [1.54, 1.807) is 30.1 Å². The van der Waals surface area contributed by atoms with Crippen molar-refractivity contribution in [2.45, 2.75) is 18.4 Å².